The Kier molecular flexibility index (Phi) is 3.47. The van der Waals surface area contributed by atoms with E-state index in [0.29, 0.717) is 11.3 Å². The van der Waals surface area contributed by atoms with Gasteiger partial charge in [-0.2, -0.15) is 0 Å². The predicted octanol–water partition coefficient (Wildman–Crippen LogP) is 3.56. The number of ketones is 1. The summed E-state index contributed by atoms with van der Waals surface area (Å²) in [5.41, 5.74) is 1.87. The summed E-state index contributed by atoms with van der Waals surface area (Å²) in [6.07, 6.45) is 3.00. The highest BCUT2D eigenvalue weighted by Gasteiger charge is 2.07. The molecule has 0 unspecified atom stereocenters. The average Bonchev–Trinajstić information content (AvgIpc) is 2.81. The molecule has 2 aromatic rings. The van der Waals surface area contributed by atoms with Crippen LogP contribution >= 0.6 is 11.8 Å². The second kappa shape index (κ2) is 5.03. The van der Waals surface area contributed by atoms with Gasteiger partial charge in [0.05, 0.1) is 17.6 Å². The smallest absolute Gasteiger partial charge is 0.176 e. The summed E-state index contributed by atoms with van der Waals surface area (Å²) in [5, 5.41) is 0. The molecule has 0 fully saturated rings. The van der Waals surface area contributed by atoms with E-state index in [1.54, 1.807) is 17.8 Å². The van der Waals surface area contributed by atoms with E-state index in [-0.39, 0.29) is 5.78 Å². The van der Waals surface area contributed by atoms with E-state index in [2.05, 4.69) is 0 Å². The van der Waals surface area contributed by atoms with Gasteiger partial charge in [-0.3, -0.25) is 4.79 Å². The lowest BCUT2D eigenvalue weighted by molar-refractivity contribution is 0.102. The van der Waals surface area contributed by atoms with Gasteiger partial charge in [0.1, 0.15) is 6.26 Å². The standard InChI is InChI=1S/C13H12O2S/c1-10-2-4-12(5-3-10)16-9-13(14)11-6-7-15-8-11/h2-8H,9H2,1H3. The van der Waals surface area contributed by atoms with Crippen LogP contribution in [0.15, 0.2) is 52.2 Å². The van der Waals surface area contributed by atoms with Crippen LogP contribution in [-0.4, -0.2) is 11.5 Å². The molecule has 0 atom stereocenters. The molecule has 0 aliphatic heterocycles. The number of hydrogen-bond acceptors (Lipinski definition) is 3. The van der Waals surface area contributed by atoms with E-state index in [1.165, 1.54) is 18.1 Å². The number of Topliss-reactive ketones (excluding diaryl/α,β-unsaturated/α-hetero) is 1. The van der Waals surface area contributed by atoms with Crippen molar-refractivity contribution in [2.45, 2.75) is 11.8 Å². The summed E-state index contributed by atoms with van der Waals surface area (Å²) < 4.78 is 4.87. The van der Waals surface area contributed by atoms with Gasteiger partial charge >= 0.3 is 0 Å². The minimum absolute atomic E-state index is 0.0966. The van der Waals surface area contributed by atoms with Gasteiger partial charge in [-0.05, 0) is 25.1 Å². The van der Waals surface area contributed by atoms with E-state index < -0.39 is 0 Å². The highest BCUT2D eigenvalue weighted by molar-refractivity contribution is 8.00. The topological polar surface area (TPSA) is 30.2 Å². The van der Waals surface area contributed by atoms with Gasteiger partial charge in [-0.1, -0.05) is 17.7 Å². The van der Waals surface area contributed by atoms with Gasteiger partial charge in [0, 0.05) is 4.90 Å². The fourth-order valence-corrected chi connectivity index (χ4v) is 2.08. The summed E-state index contributed by atoms with van der Waals surface area (Å²) in [6.45, 7) is 2.05. The van der Waals surface area contributed by atoms with Gasteiger partial charge in [-0.25, -0.2) is 0 Å². The molecule has 2 nitrogen and oxygen atoms in total. The third kappa shape index (κ3) is 2.76. The molecule has 0 saturated carbocycles. The first-order chi connectivity index (χ1) is 7.75. The molecular weight excluding hydrogens is 220 g/mol. The van der Waals surface area contributed by atoms with Crippen LogP contribution in [0.5, 0.6) is 0 Å². The molecule has 2 rings (SSSR count). The summed E-state index contributed by atoms with van der Waals surface area (Å²) in [7, 11) is 0. The number of furan rings is 1. The maximum Gasteiger partial charge on any atom is 0.176 e. The first kappa shape index (κ1) is 11.0. The number of benzene rings is 1. The Morgan fingerprint density at radius 1 is 1.25 bits per heavy atom. The highest BCUT2D eigenvalue weighted by Crippen LogP contribution is 2.19. The minimum Gasteiger partial charge on any atom is -0.472 e. The lowest BCUT2D eigenvalue weighted by atomic mass is 10.2. The molecule has 0 bridgehead atoms. The van der Waals surface area contributed by atoms with Crippen LogP contribution in [0.25, 0.3) is 0 Å². The fraction of sp³-hybridized carbons (Fsp3) is 0.154. The number of thioether (sulfide) groups is 1. The molecule has 1 aromatic carbocycles. The van der Waals surface area contributed by atoms with Crippen LogP contribution < -0.4 is 0 Å². The Bertz CT molecular complexity index is 457. The Morgan fingerprint density at radius 3 is 2.62 bits per heavy atom. The highest BCUT2D eigenvalue weighted by atomic mass is 32.2. The molecule has 0 aliphatic rings. The molecule has 0 radical (unpaired) electrons. The third-order valence-electron chi connectivity index (χ3n) is 2.23. The van der Waals surface area contributed by atoms with Crippen molar-refractivity contribution >= 4 is 17.5 Å². The van der Waals surface area contributed by atoms with Gasteiger partial charge in [0.2, 0.25) is 0 Å². The van der Waals surface area contributed by atoms with Crippen molar-refractivity contribution in [3.05, 3.63) is 54.0 Å². The maximum absolute atomic E-state index is 11.7. The number of hydrogen-bond donors (Lipinski definition) is 0. The van der Waals surface area contributed by atoms with Gasteiger partial charge in [-0.15, -0.1) is 11.8 Å². The molecule has 82 valence electrons. The monoisotopic (exact) mass is 232 g/mol. The quantitative estimate of drug-likeness (QED) is 0.596. The van der Waals surface area contributed by atoms with Crippen molar-refractivity contribution in [3.63, 3.8) is 0 Å². The molecule has 3 heteroatoms. The van der Waals surface area contributed by atoms with Crippen LogP contribution in [0, 0.1) is 6.92 Å². The normalized spacial score (nSPS) is 10.3. The third-order valence-corrected chi connectivity index (χ3v) is 3.25. The predicted molar refractivity (Wildman–Crippen MR) is 64.9 cm³/mol. The summed E-state index contributed by atoms with van der Waals surface area (Å²) in [6, 6.07) is 9.85. The largest absolute Gasteiger partial charge is 0.472 e. The SMILES string of the molecule is Cc1ccc(SCC(=O)c2ccoc2)cc1. The number of carbonyl (C=O) groups excluding carboxylic acids is 1. The fourth-order valence-electron chi connectivity index (χ4n) is 1.29. The zero-order valence-electron chi connectivity index (χ0n) is 8.97. The Balaban J connectivity index is 1.93. The van der Waals surface area contributed by atoms with Crippen LogP contribution in [0.2, 0.25) is 0 Å². The second-order valence-corrected chi connectivity index (χ2v) is 4.59. The van der Waals surface area contributed by atoms with Gasteiger partial charge in [0.25, 0.3) is 0 Å². The van der Waals surface area contributed by atoms with Crippen LogP contribution in [0.3, 0.4) is 0 Å². The average molecular weight is 232 g/mol. The molecule has 16 heavy (non-hydrogen) atoms. The minimum atomic E-state index is 0.0966. The van der Waals surface area contributed by atoms with E-state index in [0.717, 1.165) is 4.90 Å². The van der Waals surface area contributed by atoms with Crippen molar-refractivity contribution in [1.29, 1.82) is 0 Å². The Labute approximate surface area is 98.7 Å². The van der Waals surface area contributed by atoms with Crippen molar-refractivity contribution in [2.75, 3.05) is 5.75 Å². The van der Waals surface area contributed by atoms with E-state index in [9.17, 15) is 4.79 Å². The molecule has 0 saturated heterocycles. The van der Waals surface area contributed by atoms with Crippen molar-refractivity contribution < 1.29 is 9.21 Å². The zero-order valence-corrected chi connectivity index (χ0v) is 9.79. The number of rotatable bonds is 4. The van der Waals surface area contributed by atoms with Crippen molar-refractivity contribution in [2.24, 2.45) is 0 Å². The summed E-state index contributed by atoms with van der Waals surface area (Å²) >= 11 is 1.54. The van der Waals surface area contributed by atoms with E-state index >= 15 is 0 Å². The molecule has 0 spiro atoms. The molecule has 1 aromatic heterocycles. The lowest BCUT2D eigenvalue weighted by Crippen LogP contribution is -1.99. The van der Waals surface area contributed by atoms with Crippen LogP contribution in [0.4, 0.5) is 0 Å². The molecular formula is C13H12O2S. The van der Waals surface area contributed by atoms with Crippen LogP contribution in [-0.2, 0) is 0 Å². The Hall–Kier alpha value is -1.48. The van der Waals surface area contributed by atoms with Crippen LogP contribution in [0.1, 0.15) is 15.9 Å². The van der Waals surface area contributed by atoms with E-state index in [4.69, 9.17) is 4.42 Å². The number of aryl methyl sites for hydroxylation is 1. The Morgan fingerprint density at radius 2 is 2.00 bits per heavy atom. The molecule has 0 aliphatic carbocycles. The first-order valence-corrected chi connectivity index (χ1v) is 5.99. The second-order valence-electron chi connectivity index (χ2n) is 3.54. The maximum atomic E-state index is 11.7. The van der Waals surface area contributed by atoms with Gasteiger partial charge < -0.3 is 4.42 Å². The zero-order chi connectivity index (χ0) is 11.4. The molecule has 0 amide bonds. The van der Waals surface area contributed by atoms with Gasteiger partial charge in [0.15, 0.2) is 5.78 Å². The first-order valence-electron chi connectivity index (χ1n) is 5.00. The van der Waals surface area contributed by atoms with Crippen molar-refractivity contribution in [1.82, 2.24) is 0 Å². The number of carbonyl (C=O) groups is 1. The van der Waals surface area contributed by atoms with E-state index in [1.807, 2.05) is 31.2 Å². The molecule has 0 N–H and O–H groups in total. The molecule has 1 heterocycles. The summed E-state index contributed by atoms with van der Waals surface area (Å²) in [4.78, 5) is 12.8. The van der Waals surface area contributed by atoms with Crippen molar-refractivity contribution in [3.8, 4) is 0 Å². The summed E-state index contributed by atoms with van der Waals surface area (Å²) in [5.74, 6) is 0.544. The lowest BCUT2D eigenvalue weighted by Gasteiger charge is -2.00.